The fourth-order valence-corrected chi connectivity index (χ4v) is 2.72. The number of benzene rings is 1. The molecule has 0 saturated heterocycles. The summed E-state index contributed by atoms with van der Waals surface area (Å²) in [6.07, 6.45) is 0.839. The lowest BCUT2D eigenvalue weighted by Crippen LogP contribution is -2.24. The van der Waals surface area contributed by atoms with Crippen LogP contribution >= 0.6 is 15.9 Å². The third-order valence-electron chi connectivity index (χ3n) is 3.73. The summed E-state index contributed by atoms with van der Waals surface area (Å²) in [4.78, 5) is 22.8. The maximum absolute atomic E-state index is 12.1. The summed E-state index contributed by atoms with van der Waals surface area (Å²) in [6, 6.07) is 10.9. The maximum atomic E-state index is 12.1. The predicted octanol–water partition coefficient (Wildman–Crippen LogP) is 3.16. The molecule has 1 amide bonds. The number of carbonyl (C=O) groups excluding carboxylic acids is 1. The molecule has 1 aliphatic carbocycles. The molecule has 2 aromatic rings. The molecule has 5 nitrogen and oxygen atoms in total. The fraction of sp³-hybridized carbons (Fsp3) is 0.250. The van der Waals surface area contributed by atoms with Crippen LogP contribution in [0, 0.1) is 5.92 Å². The Hall–Kier alpha value is -2.08. The van der Waals surface area contributed by atoms with Gasteiger partial charge in [-0.15, -0.1) is 0 Å². The maximum Gasteiger partial charge on any atom is 0.371 e. The molecule has 1 fully saturated rings. The average Bonchev–Trinajstić information content (AvgIpc) is 3.15. The molecule has 1 heterocycles. The van der Waals surface area contributed by atoms with E-state index in [0.717, 1.165) is 16.5 Å². The number of rotatable bonds is 5. The predicted molar refractivity (Wildman–Crippen MR) is 82.5 cm³/mol. The fourth-order valence-electron chi connectivity index (χ4n) is 2.46. The van der Waals surface area contributed by atoms with Crippen LogP contribution < -0.4 is 5.32 Å². The summed E-state index contributed by atoms with van der Waals surface area (Å²) < 4.78 is 6.12. The molecule has 114 valence electrons. The third kappa shape index (κ3) is 3.22. The molecule has 3 rings (SSSR count). The van der Waals surface area contributed by atoms with Gasteiger partial charge in [-0.2, -0.15) is 0 Å². The highest BCUT2D eigenvalue weighted by Crippen LogP contribution is 2.47. The van der Waals surface area contributed by atoms with Crippen molar-refractivity contribution in [3.8, 4) is 0 Å². The molecular weight excluding hydrogens is 350 g/mol. The van der Waals surface area contributed by atoms with Gasteiger partial charge in [0.25, 0.3) is 0 Å². The van der Waals surface area contributed by atoms with Crippen molar-refractivity contribution >= 4 is 27.8 Å². The number of carboxylic acid groups (broad SMARTS) is 1. The molecule has 0 bridgehead atoms. The standard InChI is InChI=1S/C16H14BrNO4/c17-10-3-1-9(2-4-10)12-7-13(12)15(19)18-8-11-5-6-14(22-11)16(20)21/h1-6,12-13H,7-8H2,(H,18,19)(H,20,21). The molecule has 2 unspecified atom stereocenters. The second-order valence-electron chi connectivity index (χ2n) is 5.29. The topological polar surface area (TPSA) is 79.5 Å². The summed E-state index contributed by atoms with van der Waals surface area (Å²) in [5, 5.41) is 11.6. The zero-order chi connectivity index (χ0) is 15.7. The lowest BCUT2D eigenvalue weighted by Gasteiger charge is -2.03. The molecule has 1 aromatic heterocycles. The normalized spacial score (nSPS) is 19.7. The smallest absolute Gasteiger partial charge is 0.371 e. The zero-order valence-electron chi connectivity index (χ0n) is 11.6. The Balaban J connectivity index is 1.53. The summed E-state index contributed by atoms with van der Waals surface area (Å²) in [5.74, 6) is -0.583. The number of furan rings is 1. The van der Waals surface area contributed by atoms with Gasteiger partial charge in [0, 0.05) is 10.4 Å². The molecule has 2 N–H and O–H groups in total. The third-order valence-corrected chi connectivity index (χ3v) is 4.26. The van der Waals surface area contributed by atoms with Crippen molar-refractivity contribution in [2.75, 3.05) is 0 Å². The minimum atomic E-state index is -1.12. The highest BCUT2D eigenvalue weighted by atomic mass is 79.9. The minimum absolute atomic E-state index is 0.0184. The van der Waals surface area contributed by atoms with E-state index in [0.29, 0.717) is 5.76 Å². The van der Waals surface area contributed by atoms with Gasteiger partial charge < -0.3 is 14.8 Å². The highest BCUT2D eigenvalue weighted by molar-refractivity contribution is 9.10. The molecule has 22 heavy (non-hydrogen) atoms. The van der Waals surface area contributed by atoms with E-state index in [1.165, 1.54) is 6.07 Å². The van der Waals surface area contributed by atoms with Crippen LogP contribution in [-0.4, -0.2) is 17.0 Å². The van der Waals surface area contributed by atoms with Gasteiger partial charge in [-0.3, -0.25) is 4.79 Å². The lowest BCUT2D eigenvalue weighted by molar-refractivity contribution is -0.122. The number of carboxylic acids is 1. The van der Waals surface area contributed by atoms with Gasteiger partial charge in [-0.1, -0.05) is 28.1 Å². The molecule has 0 radical (unpaired) electrons. The van der Waals surface area contributed by atoms with Crippen LogP contribution in [0.4, 0.5) is 0 Å². The van der Waals surface area contributed by atoms with E-state index in [4.69, 9.17) is 9.52 Å². The van der Waals surface area contributed by atoms with Crippen molar-refractivity contribution in [1.82, 2.24) is 5.32 Å². The Morgan fingerprint density at radius 2 is 1.95 bits per heavy atom. The minimum Gasteiger partial charge on any atom is -0.475 e. The van der Waals surface area contributed by atoms with Gasteiger partial charge in [-0.25, -0.2) is 4.79 Å². The summed E-state index contributed by atoms with van der Waals surface area (Å²) in [7, 11) is 0. The second kappa shape index (κ2) is 5.96. The molecule has 2 atom stereocenters. The first-order chi connectivity index (χ1) is 10.5. The van der Waals surface area contributed by atoms with E-state index in [2.05, 4.69) is 21.2 Å². The highest BCUT2D eigenvalue weighted by Gasteiger charge is 2.43. The molecule has 6 heteroatoms. The van der Waals surface area contributed by atoms with Crippen LogP contribution in [0.2, 0.25) is 0 Å². The summed E-state index contributed by atoms with van der Waals surface area (Å²) in [6.45, 7) is 0.204. The number of hydrogen-bond donors (Lipinski definition) is 2. The van der Waals surface area contributed by atoms with Gasteiger partial charge in [0.1, 0.15) is 5.76 Å². The van der Waals surface area contributed by atoms with E-state index in [1.807, 2.05) is 24.3 Å². The molecular formula is C16H14BrNO4. The van der Waals surface area contributed by atoms with Gasteiger partial charge in [0.15, 0.2) is 0 Å². The van der Waals surface area contributed by atoms with Crippen molar-refractivity contribution in [2.45, 2.75) is 18.9 Å². The van der Waals surface area contributed by atoms with Gasteiger partial charge in [0.2, 0.25) is 11.7 Å². The van der Waals surface area contributed by atoms with E-state index in [-0.39, 0.29) is 30.0 Å². The van der Waals surface area contributed by atoms with Crippen molar-refractivity contribution < 1.29 is 19.1 Å². The Morgan fingerprint density at radius 1 is 1.23 bits per heavy atom. The molecule has 1 saturated carbocycles. The van der Waals surface area contributed by atoms with Crippen molar-refractivity contribution in [3.05, 3.63) is 58.0 Å². The Morgan fingerprint density at radius 3 is 2.59 bits per heavy atom. The summed E-state index contributed by atoms with van der Waals surface area (Å²) >= 11 is 3.39. The van der Waals surface area contributed by atoms with Gasteiger partial charge >= 0.3 is 5.97 Å². The van der Waals surface area contributed by atoms with Crippen molar-refractivity contribution in [2.24, 2.45) is 5.92 Å². The van der Waals surface area contributed by atoms with Crippen LogP contribution in [0.1, 0.15) is 34.2 Å². The van der Waals surface area contributed by atoms with E-state index in [1.54, 1.807) is 6.07 Å². The van der Waals surface area contributed by atoms with Crippen molar-refractivity contribution in [3.63, 3.8) is 0 Å². The monoisotopic (exact) mass is 363 g/mol. The van der Waals surface area contributed by atoms with Gasteiger partial charge in [-0.05, 0) is 42.2 Å². The number of carbonyl (C=O) groups is 2. The summed E-state index contributed by atoms with van der Waals surface area (Å²) in [5.41, 5.74) is 1.16. The molecule has 1 aromatic carbocycles. The molecule has 0 aliphatic heterocycles. The first kappa shape index (κ1) is 14.8. The van der Waals surface area contributed by atoms with E-state index in [9.17, 15) is 9.59 Å². The Kier molecular flexibility index (Phi) is 4.02. The number of amides is 1. The average molecular weight is 364 g/mol. The zero-order valence-corrected chi connectivity index (χ0v) is 13.2. The van der Waals surface area contributed by atoms with Gasteiger partial charge in [0.05, 0.1) is 6.54 Å². The Bertz CT molecular complexity index is 707. The molecule has 1 aliphatic rings. The van der Waals surface area contributed by atoms with E-state index >= 15 is 0 Å². The first-order valence-corrected chi connectivity index (χ1v) is 7.69. The van der Waals surface area contributed by atoms with Crippen LogP contribution in [0.5, 0.6) is 0 Å². The number of aromatic carboxylic acids is 1. The number of halogens is 1. The quantitative estimate of drug-likeness (QED) is 0.854. The number of hydrogen-bond acceptors (Lipinski definition) is 3. The van der Waals surface area contributed by atoms with Crippen LogP contribution in [0.25, 0.3) is 0 Å². The first-order valence-electron chi connectivity index (χ1n) is 6.90. The van der Waals surface area contributed by atoms with Crippen LogP contribution in [0.15, 0.2) is 45.3 Å². The number of nitrogens with one attached hydrogen (secondary N) is 1. The second-order valence-corrected chi connectivity index (χ2v) is 6.20. The van der Waals surface area contributed by atoms with Crippen molar-refractivity contribution in [1.29, 1.82) is 0 Å². The SMILES string of the molecule is O=C(O)c1ccc(CNC(=O)C2CC2c2ccc(Br)cc2)o1. The largest absolute Gasteiger partial charge is 0.475 e. The van der Waals surface area contributed by atoms with E-state index < -0.39 is 5.97 Å². The van der Waals surface area contributed by atoms with Crippen LogP contribution in [-0.2, 0) is 11.3 Å². The Labute approximate surface area is 135 Å². The molecule has 0 spiro atoms. The van der Waals surface area contributed by atoms with Crippen LogP contribution in [0.3, 0.4) is 0 Å². The lowest BCUT2D eigenvalue weighted by atomic mass is 10.1.